The lowest BCUT2D eigenvalue weighted by molar-refractivity contribution is 0.175. The largest absolute Gasteiger partial charge is 0.394 e. The lowest BCUT2D eigenvalue weighted by Crippen LogP contribution is -2.26. The van der Waals surface area contributed by atoms with Crippen LogP contribution >= 0.6 is 23.1 Å². The van der Waals surface area contributed by atoms with Crippen molar-refractivity contribution >= 4 is 44.4 Å². The average Bonchev–Trinajstić information content (AvgIpc) is 3.06. The molecule has 0 amide bonds. The van der Waals surface area contributed by atoms with Gasteiger partial charge in [0.15, 0.2) is 21.8 Å². The number of hydrogen-bond donors (Lipinski definition) is 3. The normalized spacial score (nSPS) is 13.8. The number of methoxy groups -OCH3 is 1. The number of hydrogen-bond acceptors (Lipinski definition) is 9. The molecule has 7 nitrogen and oxygen atoms in total. The molecule has 0 aliphatic rings. The Hall–Kier alpha value is -1.94. The van der Waals surface area contributed by atoms with Crippen LogP contribution in [0, 0.1) is 5.92 Å². The second-order valence-corrected chi connectivity index (χ2v) is 8.87. The van der Waals surface area contributed by atoms with Gasteiger partial charge in [0.05, 0.1) is 12.6 Å². The van der Waals surface area contributed by atoms with Crippen LogP contribution in [0.2, 0.25) is 0 Å². The van der Waals surface area contributed by atoms with Crippen molar-refractivity contribution in [3.05, 3.63) is 35.9 Å². The monoisotopic (exact) mass is 419 g/mol. The van der Waals surface area contributed by atoms with Gasteiger partial charge in [0, 0.05) is 7.11 Å². The molecule has 28 heavy (non-hydrogen) atoms. The van der Waals surface area contributed by atoms with Crippen LogP contribution in [-0.4, -0.2) is 39.8 Å². The van der Waals surface area contributed by atoms with E-state index in [4.69, 9.17) is 10.5 Å². The molecule has 4 N–H and O–H groups in total. The molecular weight excluding hydrogens is 394 g/mol. The summed E-state index contributed by atoms with van der Waals surface area (Å²) in [5.74, 6) is 1.09. The molecule has 2 heterocycles. The topological polar surface area (TPSA) is 106 Å². The summed E-state index contributed by atoms with van der Waals surface area (Å²) in [4.78, 5) is 13.6. The van der Waals surface area contributed by atoms with Gasteiger partial charge in [-0.05, 0) is 29.7 Å². The predicted octanol–water partition coefficient (Wildman–Crippen LogP) is 3.92. The van der Waals surface area contributed by atoms with Crippen LogP contribution in [0.25, 0.3) is 10.3 Å². The number of thiazole rings is 1. The molecule has 0 fully saturated rings. The SMILES string of the molecule is COC(Sc1nc(N[C@@H](CO)CC(C)C)c2sc(N)nc2n1)c1ccccc1. The molecule has 1 unspecified atom stereocenters. The van der Waals surface area contributed by atoms with Crippen LogP contribution in [0.5, 0.6) is 0 Å². The van der Waals surface area contributed by atoms with Gasteiger partial charge in [0.2, 0.25) is 0 Å². The third-order valence-electron chi connectivity index (χ3n) is 4.07. The maximum Gasteiger partial charge on any atom is 0.194 e. The number of ether oxygens (including phenoxy) is 1. The Labute approximate surface area is 172 Å². The van der Waals surface area contributed by atoms with Crippen molar-refractivity contribution in [1.82, 2.24) is 15.0 Å². The van der Waals surface area contributed by atoms with E-state index in [1.807, 2.05) is 30.3 Å². The number of nitrogen functional groups attached to an aromatic ring is 1. The number of anilines is 2. The van der Waals surface area contributed by atoms with Gasteiger partial charge in [-0.3, -0.25) is 0 Å². The molecule has 3 aromatic rings. The maximum absolute atomic E-state index is 9.75. The van der Waals surface area contributed by atoms with Gasteiger partial charge in [0.25, 0.3) is 0 Å². The number of aliphatic hydroxyl groups excluding tert-OH is 1. The van der Waals surface area contributed by atoms with Gasteiger partial charge < -0.3 is 20.9 Å². The quantitative estimate of drug-likeness (QED) is 0.272. The fourth-order valence-corrected chi connectivity index (χ4v) is 4.46. The molecule has 2 atom stereocenters. The van der Waals surface area contributed by atoms with E-state index in [9.17, 15) is 5.11 Å². The highest BCUT2D eigenvalue weighted by Gasteiger charge is 2.20. The molecular formula is C19H25N5O2S2. The zero-order chi connectivity index (χ0) is 20.1. The fourth-order valence-electron chi connectivity index (χ4n) is 2.87. The van der Waals surface area contributed by atoms with Gasteiger partial charge in [-0.2, -0.15) is 0 Å². The number of nitrogens with two attached hydrogens (primary N) is 1. The second kappa shape index (κ2) is 9.51. The fraction of sp³-hybridized carbons (Fsp3) is 0.421. The zero-order valence-corrected chi connectivity index (χ0v) is 17.8. The molecule has 0 aliphatic heterocycles. The first kappa shape index (κ1) is 20.8. The highest BCUT2D eigenvalue weighted by atomic mass is 32.2. The Balaban J connectivity index is 1.92. The highest BCUT2D eigenvalue weighted by Crippen LogP contribution is 2.37. The number of rotatable bonds is 9. The van der Waals surface area contributed by atoms with Crippen LogP contribution in [-0.2, 0) is 4.74 Å². The summed E-state index contributed by atoms with van der Waals surface area (Å²) in [6.45, 7) is 4.26. The minimum Gasteiger partial charge on any atom is -0.394 e. The summed E-state index contributed by atoms with van der Waals surface area (Å²) in [5, 5.41) is 14.1. The van der Waals surface area contributed by atoms with Gasteiger partial charge in [0.1, 0.15) is 10.1 Å². The van der Waals surface area contributed by atoms with Gasteiger partial charge in [-0.15, -0.1) is 0 Å². The minimum absolute atomic E-state index is 0.0190. The highest BCUT2D eigenvalue weighted by molar-refractivity contribution is 7.99. The Kier molecular flexibility index (Phi) is 7.06. The van der Waals surface area contributed by atoms with E-state index in [0.29, 0.717) is 27.7 Å². The van der Waals surface area contributed by atoms with E-state index in [1.165, 1.54) is 23.1 Å². The number of aliphatic hydroxyl groups is 1. The lowest BCUT2D eigenvalue weighted by atomic mass is 10.0. The molecule has 0 bridgehead atoms. The summed E-state index contributed by atoms with van der Waals surface area (Å²) >= 11 is 2.74. The van der Waals surface area contributed by atoms with Crippen LogP contribution in [0.3, 0.4) is 0 Å². The summed E-state index contributed by atoms with van der Waals surface area (Å²) in [6.07, 6.45) is 0.823. The number of benzene rings is 1. The van der Waals surface area contributed by atoms with Crippen molar-refractivity contribution in [2.75, 3.05) is 24.8 Å². The van der Waals surface area contributed by atoms with E-state index in [0.717, 1.165) is 16.7 Å². The third kappa shape index (κ3) is 5.11. The smallest absolute Gasteiger partial charge is 0.194 e. The van der Waals surface area contributed by atoms with Crippen molar-refractivity contribution in [3.63, 3.8) is 0 Å². The third-order valence-corrected chi connectivity index (χ3v) is 6.02. The Morgan fingerprint density at radius 2 is 1.96 bits per heavy atom. The second-order valence-electron chi connectivity index (χ2n) is 6.81. The van der Waals surface area contributed by atoms with E-state index in [1.54, 1.807) is 7.11 Å². The summed E-state index contributed by atoms with van der Waals surface area (Å²) in [7, 11) is 1.66. The van der Waals surface area contributed by atoms with Crippen molar-refractivity contribution in [3.8, 4) is 0 Å². The van der Waals surface area contributed by atoms with E-state index >= 15 is 0 Å². The van der Waals surface area contributed by atoms with Gasteiger partial charge in [-0.1, -0.05) is 55.5 Å². The first-order chi connectivity index (χ1) is 13.5. The van der Waals surface area contributed by atoms with E-state index in [2.05, 4.69) is 34.1 Å². The van der Waals surface area contributed by atoms with Crippen LogP contribution in [0.1, 0.15) is 31.3 Å². The number of nitrogens with one attached hydrogen (secondary N) is 1. The molecule has 0 saturated carbocycles. The van der Waals surface area contributed by atoms with Crippen molar-refractivity contribution in [2.45, 2.75) is 36.9 Å². The van der Waals surface area contributed by atoms with Gasteiger partial charge in [-0.25, -0.2) is 15.0 Å². The van der Waals surface area contributed by atoms with E-state index in [-0.39, 0.29) is 18.1 Å². The van der Waals surface area contributed by atoms with Crippen molar-refractivity contribution in [1.29, 1.82) is 0 Å². The Bertz CT molecular complexity index is 904. The molecule has 2 aromatic heterocycles. The minimum atomic E-state index is -0.244. The molecule has 0 spiro atoms. The number of fused-ring (bicyclic) bond motifs is 1. The van der Waals surface area contributed by atoms with Crippen LogP contribution < -0.4 is 11.1 Å². The van der Waals surface area contributed by atoms with Crippen molar-refractivity contribution in [2.24, 2.45) is 5.92 Å². The number of nitrogens with zero attached hydrogens (tertiary/aromatic N) is 3. The first-order valence-electron chi connectivity index (χ1n) is 9.06. The lowest BCUT2D eigenvalue weighted by Gasteiger charge is -2.20. The molecule has 9 heteroatoms. The Morgan fingerprint density at radius 3 is 2.61 bits per heavy atom. The molecule has 0 aliphatic carbocycles. The molecule has 1 aromatic carbocycles. The summed E-state index contributed by atoms with van der Waals surface area (Å²) in [6, 6.07) is 9.81. The first-order valence-corrected chi connectivity index (χ1v) is 10.8. The Morgan fingerprint density at radius 1 is 1.21 bits per heavy atom. The molecule has 150 valence electrons. The summed E-state index contributed by atoms with van der Waals surface area (Å²) in [5.41, 5.74) is 7.23. The predicted molar refractivity (Wildman–Crippen MR) is 116 cm³/mol. The van der Waals surface area contributed by atoms with Crippen molar-refractivity contribution < 1.29 is 9.84 Å². The molecule has 3 rings (SSSR count). The number of thioether (sulfide) groups is 1. The molecule has 0 radical (unpaired) electrons. The van der Waals surface area contributed by atoms with E-state index < -0.39 is 0 Å². The summed E-state index contributed by atoms with van der Waals surface area (Å²) < 4.78 is 6.42. The van der Waals surface area contributed by atoms with Crippen LogP contribution in [0.4, 0.5) is 10.9 Å². The number of aromatic nitrogens is 3. The average molecular weight is 420 g/mol. The van der Waals surface area contributed by atoms with Crippen LogP contribution in [0.15, 0.2) is 35.5 Å². The standard InChI is InChI=1S/C19H25N5O2S2/c1-11(2)9-13(10-25)21-15-14-16(22-18(20)27-14)24-19(23-15)28-17(26-3)12-7-5-4-6-8-12/h4-8,11,13,17,25H,9-10H2,1-3H3,(H3,20,21,22,23,24)/t13-,17?/m1/s1. The maximum atomic E-state index is 9.75. The molecule has 0 saturated heterocycles. The zero-order valence-electron chi connectivity index (χ0n) is 16.1. The van der Waals surface area contributed by atoms with Gasteiger partial charge >= 0.3 is 0 Å².